The smallest absolute Gasteiger partial charge is 0.327 e. The van der Waals surface area contributed by atoms with Crippen molar-refractivity contribution < 1.29 is 14.3 Å². The molecule has 1 N–H and O–H groups in total. The molecule has 0 aliphatic carbocycles. The molecule has 5 heteroatoms. The van der Waals surface area contributed by atoms with Crippen LogP contribution in [0.5, 0.6) is 5.75 Å². The third-order valence-electron chi connectivity index (χ3n) is 2.53. The fourth-order valence-electron chi connectivity index (χ4n) is 1.77. The summed E-state index contributed by atoms with van der Waals surface area (Å²) in [6, 6.07) is 5.19. The molecule has 0 saturated heterocycles. The Labute approximate surface area is 122 Å². The van der Waals surface area contributed by atoms with Crippen LogP contribution >= 0.6 is 15.9 Å². The van der Waals surface area contributed by atoms with Gasteiger partial charge in [0, 0.05) is 16.1 Å². The van der Waals surface area contributed by atoms with Crippen molar-refractivity contribution in [3.05, 3.63) is 28.2 Å². The van der Waals surface area contributed by atoms with Crippen LogP contribution in [0.1, 0.15) is 32.4 Å². The summed E-state index contributed by atoms with van der Waals surface area (Å²) in [6.45, 7) is 6.11. The zero-order chi connectivity index (χ0) is 14.4. The normalized spacial score (nSPS) is 12.3. The van der Waals surface area contributed by atoms with Crippen LogP contribution < -0.4 is 10.1 Å². The van der Waals surface area contributed by atoms with E-state index in [1.807, 2.05) is 32.0 Å². The second kappa shape index (κ2) is 7.50. The topological polar surface area (TPSA) is 47.6 Å². The van der Waals surface area contributed by atoms with Gasteiger partial charge in [-0.15, -0.1) is 0 Å². The second-order valence-electron chi connectivity index (χ2n) is 4.39. The van der Waals surface area contributed by atoms with E-state index in [-0.39, 0.29) is 12.0 Å². The van der Waals surface area contributed by atoms with Gasteiger partial charge in [0.1, 0.15) is 11.8 Å². The zero-order valence-electron chi connectivity index (χ0n) is 11.7. The van der Waals surface area contributed by atoms with Crippen LogP contribution in [0, 0.1) is 0 Å². The molecule has 106 valence electrons. The van der Waals surface area contributed by atoms with Crippen molar-refractivity contribution in [1.29, 1.82) is 0 Å². The summed E-state index contributed by atoms with van der Waals surface area (Å²) in [5.74, 6) is 0.363. The highest BCUT2D eigenvalue weighted by molar-refractivity contribution is 9.10. The molecule has 4 nitrogen and oxygen atoms in total. The van der Waals surface area contributed by atoms with Gasteiger partial charge in [-0.2, -0.15) is 0 Å². The number of halogens is 1. The van der Waals surface area contributed by atoms with Crippen LogP contribution in [-0.4, -0.2) is 25.7 Å². The molecule has 0 aliphatic heterocycles. The van der Waals surface area contributed by atoms with Crippen LogP contribution in [0.15, 0.2) is 22.7 Å². The number of rotatable bonds is 6. The van der Waals surface area contributed by atoms with Crippen molar-refractivity contribution in [2.45, 2.75) is 32.9 Å². The molecule has 19 heavy (non-hydrogen) atoms. The SMILES string of the molecule is CCOC(=O)C(NC(C)C)c1cc(Br)ccc1OC. The predicted molar refractivity (Wildman–Crippen MR) is 78.3 cm³/mol. The van der Waals surface area contributed by atoms with Gasteiger partial charge in [0.05, 0.1) is 13.7 Å². The van der Waals surface area contributed by atoms with E-state index in [4.69, 9.17) is 9.47 Å². The first-order valence-corrected chi connectivity index (χ1v) is 7.05. The molecule has 0 radical (unpaired) electrons. The first kappa shape index (κ1) is 16.0. The maximum absolute atomic E-state index is 12.1. The van der Waals surface area contributed by atoms with Crippen molar-refractivity contribution in [2.24, 2.45) is 0 Å². The molecule has 0 aromatic heterocycles. The summed E-state index contributed by atoms with van der Waals surface area (Å²) >= 11 is 3.41. The Kier molecular flexibility index (Phi) is 6.31. The Hall–Kier alpha value is -1.07. The highest BCUT2D eigenvalue weighted by atomic mass is 79.9. The van der Waals surface area contributed by atoms with E-state index in [1.165, 1.54) is 0 Å². The highest BCUT2D eigenvalue weighted by Gasteiger charge is 2.25. The maximum atomic E-state index is 12.1. The summed E-state index contributed by atoms with van der Waals surface area (Å²) in [7, 11) is 1.59. The highest BCUT2D eigenvalue weighted by Crippen LogP contribution is 2.29. The van der Waals surface area contributed by atoms with Gasteiger partial charge >= 0.3 is 5.97 Å². The fourth-order valence-corrected chi connectivity index (χ4v) is 2.15. The van der Waals surface area contributed by atoms with Crippen LogP contribution in [0.3, 0.4) is 0 Å². The summed E-state index contributed by atoms with van der Waals surface area (Å²) in [5.41, 5.74) is 0.768. The van der Waals surface area contributed by atoms with E-state index in [0.717, 1.165) is 10.0 Å². The van der Waals surface area contributed by atoms with Gasteiger partial charge in [0.15, 0.2) is 0 Å². The molecular weight excluding hydrogens is 310 g/mol. The van der Waals surface area contributed by atoms with Gasteiger partial charge < -0.3 is 9.47 Å². The minimum absolute atomic E-state index is 0.151. The number of ether oxygens (including phenoxy) is 2. The molecule has 1 atom stereocenters. The summed E-state index contributed by atoms with van der Waals surface area (Å²) in [6.07, 6.45) is 0. The molecule has 1 rings (SSSR count). The number of carbonyl (C=O) groups excluding carboxylic acids is 1. The number of hydrogen-bond donors (Lipinski definition) is 1. The van der Waals surface area contributed by atoms with Crippen LogP contribution in [0.4, 0.5) is 0 Å². The lowest BCUT2D eigenvalue weighted by Gasteiger charge is -2.22. The lowest BCUT2D eigenvalue weighted by molar-refractivity contribution is -0.146. The Balaban J connectivity index is 3.15. The Morgan fingerprint density at radius 2 is 2.11 bits per heavy atom. The van der Waals surface area contributed by atoms with Gasteiger partial charge in [-0.3, -0.25) is 5.32 Å². The number of hydrogen-bond acceptors (Lipinski definition) is 4. The van der Waals surface area contributed by atoms with E-state index >= 15 is 0 Å². The summed E-state index contributed by atoms with van der Waals surface area (Å²) in [5, 5.41) is 3.21. The van der Waals surface area contributed by atoms with Gasteiger partial charge in [0.25, 0.3) is 0 Å². The predicted octanol–water partition coefficient (Wildman–Crippen LogP) is 3.06. The zero-order valence-corrected chi connectivity index (χ0v) is 13.3. The van der Waals surface area contributed by atoms with Crippen molar-refractivity contribution in [3.8, 4) is 5.75 Å². The van der Waals surface area contributed by atoms with Gasteiger partial charge in [-0.05, 0) is 39.0 Å². The van der Waals surface area contributed by atoms with Crippen LogP contribution in [0.2, 0.25) is 0 Å². The molecule has 0 bridgehead atoms. The Bertz CT molecular complexity index is 435. The maximum Gasteiger partial charge on any atom is 0.327 e. The van der Waals surface area contributed by atoms with Crippen molar-refractivity contribution >= 4 is 21.9 Å². The van der Waals surface area contributed by atoms with E-state index in [2.05, 4.69) is 21.2 Å². The molecule has 0 fully saturated rings. The standard InChI is InChI=1S/C14H20BrNO3/c1-5-19-14(17)13(16-9(2)3)11-8-10(15)6-7-12(11)18-4/h6-9,13,16H,5H2,1-4H3. The Morgan fingerprint density at radius 1 is 1.42 bits per heavy atom. The Morgan fingerprint density at radius 3 is 2.63 bits per heavy atom. The summed E-state index contributed by atoms with van der Waals surface area (Å²) < 4.78 is 11.3. The molecule has 0 amide bonds. The lowest BCUT2D eigenvalue weighted by atomic mass is 10.0. The number of esters is 1. The van der Waals surface area contributed by atoms with Crippen molar-refractivity contribution in [3.63, 3.8) is 0 Å². The minimum atomic E-state index is -0.535. The number of carbonyl (C=O) groups is 1. The summed E-state index contributed by atoms with van der Waals surface area (Å²) in [4.78, 5) is 12.1. The molecular formula is C14H20BrNO3. The third-order valence-corrected chi connectivity index (χ3v) is 3.02. The van der Waals surface area contributed by atoms with E-state index in [9.17, 15) is 4.79 Å². The first-order chi connectivity index (χ1) is 8.99. The number of methoxy groups -OCH3 is 1. The molecule has 1 aromatic rings. The molecule has 0 saturated carbocycles. The lowest BCUT2D eigenvalue weighted by Crippen LogP contribution is -2.35. The van der Waals surface area contributed by atoms with Crippen LogP contribution in [0.25, 0.3) is 0 Å². The van der Waals surface area contributed by atoms with E-state index in [0.29, 0.717) is 12.4 Å². The molecule has 0 aliphatic rings. The number of benzene rings is 1. The molecule has 0 heterocycles. The first-order valence-electron chi connectivity index (χ1n) is 6.25. The van der Waals surface area contributed by atoms with Crippen LogP contribution in [-0.2, 0) is 9.53 Å². The monoisotopic (exact) mass is 329 g/mol. The van der Waals surface area contributed by atoms with Gasteiger partial charge in [-0.1, -0.05) is 15.9 Å². The fraction of sp³-hybridized carbons (Fsp3) is 0.500. The third kappa shape index (κ3) is 4.51. The molecule has 0 spiro atoms. The van der Waals surface area contributed by atoms with E-state index < -0.39 is 6.04 Å². The second-order valence-corrected chi connectivity index (χ2v) is 5.31. The quantitative estimate of drug-likeness (QED) is 0.815. The number of nitrogens with one attached hydrogen (secondary N) is 1. The average molecular weight is 330 g/mol. The molecule has 1 unspecified atom stereocenters. The average Bonchev–Trinajstić information content (AvgIpc) is 2.36. The minimum Gasteiger partial charge on any atom is -0.496 e. The van der Waals surface area contributed by atoms with Gasteiger partial charge in [0.2, 0.25) is 0 Å². The van der Waals surface area contributed by atoms with Gasteiger partial charge in [-0.25, -0.2) is 4.79 Å². The molecule has 1 aromatic carbocycles. The van der Waals surface area contributed by atoms with E-state index in [1.54, 1.807) is 14.0 Å². The largest absolute Gasteiger partial charge is 0.496 e. The van der Waals surface area contributed by atoms with Crippen molar-refractivity contribution in [2.75, 3.05) is 13.7 Å². The van der Waals surface area contributed by atoms with Crippen molar-refractivity contribution in [1.82, 2.24) is 5.32 Å².